The van der Waals surface area contributed by atoms with E-state index in [1.54, 1.807) is 0 Å². The molecule has 0 unspecified atom stereocenters. The number of carboxylic acids is 1. The summed E-state index contributed by atoms with van der Waals surface area (Å²) >= 11 is 6.43. The minimum Gasteiger partial charge on any atom is -0.481 e. The normalized spacial score (nSPS) is 16.7. The van der Waals surface area contributed by atoms with Crippen molar-refractivity contribution in [2.45, 2.75) is 50.9 Å². The molecular weight excluding hydrogens is 248 g/mol. The maximum atomic E-state index is 10.6. The van der Waals surface area contributed by atoms with E-state index in [0.717, 1.165) is 10.6 Å². The predicted molar refractivity (Wildman–Crippen MR) is 73.2 cm³/mol. The maximum Gasteiger partial charge on any atom is 0.303 e. The Bertz CT molecular complexity index is 423. The van der Waals surface area contributed by atoms with Gasteiger partial charge in [0, 0.05) is 11.4 Å². The van der Waals surface area contributed by atoms with Crippen molar-refractivity contribution in [2.24, 2.45) is 0 Å². The van der Waals surface area contributed by atoms with Crippen LogP contribution in [0.4, 0.5) is 0 Å². The zero-order valence-corrected chi connectivity index (χ0v) is 11.2. The largest absolute Gasteiger partial charge is 0.481 e. The molecule has 0 heterocycles. The number of aryl methyl sites for hydroxylation is 1. The highest BCUT2D eigenvalue weighted by atomic mass is 35.5. The van der Waals surface area contributed by atoms with Crippen LogP contribution in [0.15, 0.2) is 18.2 Å². The molecule has 0 aliphatic heterocycles. The monoisotopic (exact) mass is 266 g/mol. The van der Waals surface area contributed by atoms with Crippen molar-refractivity contribution >= 4 is 17.6 Å². The molecule has 98 valence electrons. The summed E-state index contributed by atoms with van der Waals surface area (Å²) < 4.78 is 0. The van der Waals surface area contributed by atoms with Gasteiger partial charge in [-0.05, 0) is 36.3 Å². The maximum absolute atomic E-state index is 10.6. The predicted octanol–water partition coefficient (Wildman–Crippen LogP) is 4.40. The van der Waals surface area contributed by atoms with Crippen LogP contribution < -0.4 is 0 Å². The van der Waals surface area contributed by atoms with E-state index in [-0.39, 0.29) is 6.42 Å². The Balaban J connectivity index is 2.15. The van der Waals surface area contributed by atoms with Crippen LogP contribution in [0.5, 0.6) is 0 Å². The van der Waals surface area contributed by atoms with E-state index in [1.807, 2.05) is 12.1 Å². The Morgan fingerprint density at radius 2 is 2.00 bits per heavy atom. The lowest BCUT2D eigenvalue weighted by Gasteiger charge is -2.23. The van der Waals surface area contributed by atoms with Crippen LogP contribution in [0.25, 0.3) is 0 Å². The number of halogens is 1. The van der Waals surface area contributed by atoms with Crippen molar-refractivity contribution in [3.05, 3.63) is 34.3 Å². The quantitative estimate of drug-likeness (QED) is 0.877. The van der Waals surface area contributed by atoms with Crippen LogP contribution in [0, 0.1) is 0 Å². The third-order valence-electron chi connectivity index (χ3n) is 3.76. The summed E-state index contributed by atoms with van der Waals surface area (Å²) in [6, 6.07) is 6.05. The van der Waals surface area contributed by atoms with Gasteiger partial charge in [-0.3, -0.25) is 4.79 Å². The molecular formula is C15H19ClO2. The fourth-order valence-corrected chi connectivity index (χ4v) is 3.14. The Kier molecular flexibility index (Phi) is 4.65. The minimum absolute atomic E-state index is 0.147. The van der Waals surface area contributed by atoms with E-state index < -0.39 is 5.97 Å². The van der Waals surface area contributed by atoms with Gasteiger partial charge in [0.15, 0.2) is 0 Å². The number of aliphatic carboxylic acids is 1. The molecule has 1 saturated carbocycles. The van der Waals surface area contributed by atoms with Crippen molar-refractivity contribution in [3.8, 4) is 0 Å². The van der Waals surface area contributed by atoms with Gasteiger partial charge >= 0.3 is 5.97 Å². The lowest BCUT2D eigenvalue weighted by molar-refractivity contribution is -0.136. The number of rotatable bonds is 4. The van der Waals surface area contributed by atoms with Gasteiger partial charge in [-0.25, -0.2) is 0 Å². The Labute approximate surface area is 113 Å². The standard InChI is InChI=1S/C15H19ClO2/c16-15-12(9-10-14(17)18)7-4-8-13(15)11-5-2-1-3-6-11/h4,7-8,11H,1-3,5-6,9-10H2,(H,17,18). The van der Waals surface area contributed by atoms with Crippen molar-refractivity contribution in [1.82, 2.24) is 0 Å². The van der Waals surface area contributed by atoms with Gasteiger partial charge in [0.25, 0.3) is 0 Å². The topological polar surface area (TPSA) is 37.3 Å². The van der Waals surface area contributed by atoms with Gasteiger partial charge in [0.1, 0.15) is 0 Å². The number of carbonyl (C=O) groups is 1. The molecule has 18 heavy (non-hydrogen) atoms. The van der Waals surface area contributed by atoms with Crippen LogP contribution in [0.3, 0.4) is 0 Å². The number of hydrogen-bond acceptors (Lipinski definition) is 1. The Hall–Kier alpha value is -1.02. The SMILES string of the molecule is O=C(O)CCc1cccc(C2CCCCC2)c1Cl. The molecule has 0 spiro atoms. The molecule has 0 amide bonds. The minimum atomic E-state index is -0.769. The Morgan fingerprint density at radius 3 is 2.67 bits per heavy atom. The first-order valence-corrected chi connectivity index (χ1v) is 7.05. The van der Waals surface area contributed by atoms with Gasteiger partial charge in [0.05, 0.1) is 0 Å². The van der Waals surface area contributed by atoms with Gasteiger partial charge in [0.2, 0.25) is 0 Å². The van der Waals surface area contributed by atoms with E-state index >= 15 is 0 Å². The second kappa shape index (κ2) is 6.24. The average molecular weight is 267 g/mol. The molecule has 0 aromatic heterocycles. The van der Waals surface area contributed by atoms with E-state index in [0.29, 0.717) is 12.3 Å². The zero-order valence-electron chi connectivity index (χ0n) is 10.5. The number of hydrogen-bond donors (Lipinski definition) is 1. The highest BCUT2D eigenvalue weighted by Gasteiger charge is 2.19. The van der Waals surface area contributed by atoms with Crippen LogP contribution in [0.2, 0.25) is 5.02 Å². The van der Waals surface area contributed by atoms with Crippen LogP contribution in [0.1, 0.15) is 55.6 Å². The second-order valence-electron chi connectivity index (χ2n) is 5.05. The van der Waals surface area contributed by atoms with Crippen LogP contribution in [-0.4, -0.2) is 11.1 Å². The van der Waals surface area contributed by atoms with Crippen LogP contribution in [-0.2, 0) is 11.2 Å². The average Bonchev–Trinajstić information content (AvgIpc) is 2.38. The zero-order chi connectivity index (χ0) is 13.0. The molecule has 0 bridgehead atoms. The van der Waals surface area contributed by atoms with Crippen molar-refractivity contribution < 1.29 is 9.90 Å². The van der Waals surface area contributed by atoms with Crippen LogP contribution >= 0.6 is 11.6 Å². The first kappa shape index (κ1) is 13.4. The van der Waals surface area contributed by atoms with Gasteiger partial charge in [-0.1, -0.05) is 49.1 Å². The van der Waals surface area contributed by atoms with E-state index in [2.05, 4.69) is 6.07 Å². The highest BCUT2D eigenvalue weighted by Crippen LogP contribution is 2.37. The molecule has 1 aliphatic carbocycles. The van der Waals surface area contributed by atoms with E-state index in [4.69, 9.17) is 16.7 Å². The molecule has 1 aromatic rings. The summed E-state index contributed by atoms with van der Waals surface area (Å²) in [4.78, 5) is 10.6. The molecule has 3 heteroatoms. The smallest absolute Gasteiger partial charge is 0.303 e. The second-order valence-corrected chi connectivity index (χ2v) is 5.43. The summed E-state index contributed by atoms with van der Waals surface area (Å²) in [5.41, 5.74) is 2.20. The summed E-state index contributed by atoms with van der Waals surface area (Å²) in [5.74, 6) is -0.204. The van der Waals surface area contributed by atoms with Crippen molar-refractivity contribution in [1.29, 1.82) is 0 Å². The molecule has 2 nitrogen and oxygen atoms in total. The van der Waals surface area contributed by atoms with Crippen molar-refractivity contribution in [2.75, 3.05) is 0 Å². The molecule has 0 atom stereocenters. The molecule has 0 saturated heterocycles. The summed E-state index contributed by atoms with van der Waals surface area (Å²) in [6.07, 6.45) is 6.97. The van der Waals surface area contributed by atoms with E-state index in [1.165, 1.54) is 37.7 Å². The van der Waals surface area contributed by atoms with E-state index in [9.17, 15) is 4.79 Å². The third kappa shape index (κ3) is 3.26. The fourth-order valence-electron chi connectivity index (χ4n) is 2.76. The molecule has 0 radical (unpaired) electrons. The first-order valence-electron chi connectivity index (χ1n) is 6.67. The lowest BCUT2D eigenvalue weighted by Crippen LogP contribution is -2.06. The molecule has 2 rings (SSSR count). The number of benzene rings is 1. The molecule has 1 aliphatic rings. The van der Waals surface area contributed by atoms with Gasteiger partial charge in [-0.2, -0.15) is 0 Å². The number of carboxylic acid groups (broad SMARTS) is 1. The fraction of sp³-hybridized carbons (Fsp3) is 0.533. The van der Waals surface area contributed by atoms with Gasteiger partial charge < -0.3 is 5.11 Å². The third-order valence-corrected chi connectivity index (χ3v) is 4.22. The highest BCUT2D eigenvalue weighted by molar-refractivity contribution is 6.32. The summed E-state index contributed by atoms with van der Waals surface area (Å²) in [7, 11) is 0. The molecule has 1 fully saturated rings. The Morgan fingerprint density at radius 1 is 1.28 bits per heavy atom. The molecule has 1 N–H and O–H groups in total. The first-order chi connectivity index (χ1) is 8.68. The molecule has 1 aromatic carbocycles. The summed E-state index contributed by atoms with van der Waals surface area (Å²) in [5, 5.41) is 9.54. The van der Waals surface area contributed by atoms with Crippen molar-refractivity contribution in [3.63, 3.8) is 0 Å². The summed E-state index contributed by atoms with van der Waals surface area (Å²) in [6.45, 7) is 0. The van der Waals surface area contributed by atoms with Gasteiger partial charge in [-0.15, -0.1) is 0 Å². The lowest BCUT2D eigenvalue weighted by atomic mass is 9.83.